The van der Waals surface area contributed by atoms with Gasteiger partial charge in [-0.05, 0) is 55.8 Å². The molecule has 2 rings (SSSR count). The van der Waals surface area contributed by atoms with E-state index in [0.29, 0.717) is 12.0 Å². The monoisotopic (exact) mass is 325 g/mol. The van der Waals surface area contributed by atoms with Crippen molar-refractivity contribution in [2.45, 2.75) is 39.2 Å². The van der Waals surface area contributed by atoms with E-state index in [0.717, 1.165) is 32.6 Å². The Balaban J connectivity index is 2.19. The fourth-order valence-corrected chi connectivity index (χ4v) is 3.50. The molecule has 3 heteroatoms. The van der Waals surface area contributed by atoms with Crippen molar-refractivity contribution >= 4 is 15.9 Å². The maximum absolute atomic E-state index is 5.50. The number of benzene rings is 1. The molecule has 19 heavy (non-hydrogen) atoms. The molecule has 1 aromatic carbocycles. The highest BCUT2D eigenvalue weighted by Gasteiger charge is 2.26. The molecule has 1 fully saturated rings. The van der Waals surface area contributed by atoms with Gasteiger partial charge in [0.05, 0.1) is 0 Å². The normalized spacial score (nSPS) is 18.5. The highest BCUT2D eigenvalue weighted by atomic mass is 79.9. The molecule has 1 N–H and O–H groups in total. The Bertz CT molecular complexity index is 402. The van der Waals surface area contributed by atoms with Crippen LogP contribution in [0.3, 0.4) is 0 Å². The van der Waals surface area contributed by atoms with Crippen molar-refractivity contribution < 1.29 is 4.74 Å². The van der Waals surface area contributed by atoms with Crippen LogP contribution in [-0.4, -0.2) is 19.8 Å². The van der Waals surface area contributed by atoms with E-state index in [2.05, 4.69) is 53.3 Å². The Kier molecular flexibility index (Phi) is 5.86. The molecular formula is C16H24BrNO. The van der Waals surface area contributed by atoms with Crippen LogP contribution in [0, 0.1) is 12.8 Å². The van der Waals surface area contributed by atoms with Crippen molar-refractivity contribution in [1.29, 1.82) is 0 Å². The maximum Gasteiger partial charge on any atom is 0.0469 e. The second-order valence-electron chi connectivity index (χ2n) is 5.41. The molecule has 0 aromatic heterocycles. The molecule has 0 amide bonds. The van der Waals surface area contributed by atoms with E-state index in [4.69, 9.17) is 4.74 Å². The lowest BCUT2D eigenvalue weighted by atomic mass is 9.86. The first kappa shape index (κ1) is 15.0. The van der Waals surface area contributed by atoms with Crippen molar-refractivity contribution in [2.24, 2.45) is 5.92 Å². The summed E-state index contributed by atoms with van der Waals surface area (Å²) in [7, 11) is 0. The summed E-state index contributed by atoms with van der Waals surface area (Å²) in [5, 5.41) is 3.73. The van der Waals surface area contributed by atoms with Gasteiger partial charge in [0.15, 0.2) is 0 Å². The zero-order valence-corrected chi connectivity index (χ0v) is 13.5. The smallest absolute Gasteiger partial charge is 0.0469 e. The Morgan fingerprint density at radius 2 is 2.11 bits per heavy atom. The number of rotatable bonds is 5. The van der Waals surface area contributed by atoms with Crippen LogP contribution in [0.15, 0.2) is 22.7 Å². The first-order valence-electron chi connectivity index (χ1n) is 7.29. The van der Waals surface area contributed by atoms with Crippen molar-refractivity contribution in [1.82, 2.24) is 5.32 Å². The van der Waals surface area contributed by atoms with Crippen molar-refractivity contribution in [2.75, 3.05) is 19.8 Å². The summed E-state index contributed by atoms with van der Waals surface area (Å²) in [4.78, 5) is 0. The first-order valence-corrected chi connectivity index (χ1v) is 8.09. The summed E-state index contributed by atoms with van der Waals surface area (Å²) in [5.41, 5.74) is 2.70. The van der Waals surface area contributed by atoms with Gasteiger partial charge in [0, 0.05) is 23.7 Å². The van der Waals surface area contributed by atoms with Crippen molar-refractivity contribution in [3.63, 3.8) is 0 Å². The fourth-order valence-electron chi connectivity index (χ4n) is 2.76. The van der Waals surface area contributed by atoms with E-state index in [-0.39, 0.29) is 0 Å². The summed E-state index contributed by atoms with van der Waals surface area (Å²) in [6.07, 6.45) is 3.48. The molecule has 2 nitrogen and oxygen atoms in total. The maximum atomic E-state index is 5.50. The summed E-state index contributed by atoms with van der Waals surface area (Å²) in [6, 6.07) is 7.14. The summed E-state index contributed by atoms with van der Waals surface area (Å²) in [6.45, 7) is 7.23. The zero-order chi connectivity index (χ0) is 13.7. The van der Waals surface area contributed by atoms with Gasteiger partial charge >= 0.3 is 0 Å². The van der Waals surface area contributed by atoms with Crippen LogP contribution in [0.1, 0.15) is 43.4 Å². The van der Waals surface area contributed by atoms with Gasteiger partial charge < -0.3 is 10.1 Å². The lowest BCUT2D eigenvalue weighted by Crippen LogP contribution is -2.32. The summed E-state index contributed by atoms with van der Waals surface area (Å²) >= 11 is 3.74. The quantitative estimate of drug-likeness (QED) is 0.874. The van der Waals surface area contributed by atoms with E-state index in [9.17, 15) is 0 Å². The van der Waals surface area contributed by atoms with Gasteiger partial charge in [-0.15, -0.1) is 0 Å². The number of hydrogen-bond acceptors (Lipinski definition) is 2. The van der Waals surface area contributed by atoms with E-state index in [1.54, 1.807) is 0 Å². The molecule has 1 saturated heterocycles. The molecule has 1 atom stereocenters. The minimum absolute atomic E-state index is 0.443. The second-order valence-corrected chi connectivity index (χ2v) is 6.26. The van der Waals surface area contributed by atoms with Crippen LogP contribution in [0.2, 0.25) is 0 Å². The summed E-state index contributed by atoms with van der Waals surface area (Å²) < 4.78 is 6.73. The van der Waals surface area contributed by atoms with Gasteiger partial charge in [-0.3, -0.25) is 0 Å². The van der Waals surface area contributed by atoms with Crippen molar-refractivity contribution in [3.8, 4) is 0 Å². The van der Waals surface area contributed by atoms with Crippen LogP contribution >= 0.6 is 15.9 Å². The molecule has 0 radical (unpaired) electrons. The SMILES string of the molecule is CCCNC(c1ccc(C)cc1Br)C1CCOCC1. The number of hydrogen-bond donors (Lipinski definition) is 1. The highest BCUT2D eigenvalue weighted by molar-refractivity contribution is 9.10. The molecule has 106 valence electrons. The predicted octanol–water partition coefficient (Wildman–Crippen LogP) is 4.22. The van der Waals surface area contributed by atoms with Gasteiger partial charge in [-0.2, -0.15) is 0 Å². The first-order chi connectivity index (χ1) is 9.22. The van der Waals surface area contributed by atoms with Gasteiger partial charge in [-0.25, -0.2) is 0 Å². The van der Waals surface area contributed by atoms with Crippen LogP contribution in [0.4, 0.5) is 0 Å². The standard InChI is InChI=1S/C16H24BrNO/c1-3-8-18-16(13-6-9-19-10-7-13)14-5-4-12(2)11-15(14)17/h4-5,11,13,16,18H,3,6-10H2,1-2H3. The van der Waals surface area contributed by atoms with Gasteiger partial charge in [0.1, 0.15) is 0 Å². The number of ether oxygens (including phenoxy) is 1. The Morgan fingerprint density at radius 1 is 1.37 bits per heavy atom. The van der Waals surface area contributed by atoms with Crippen LogP contribution in [0.5, 0.6) is 0 Å². The van der Waals surface area contributed by atoms with Crippen LogP contribution in [-0.2, 0) is 4.74 Å². The number of nitrogens with one attached hydrogen (secondary N) is 1. The Labute approximate surface area is 125 Å². The molecular weight excluding hydrogens is 302 g/mol. The number of aryl methyl sites for hydroxylation is 1. The highest BCUT2D eigenvalue weighted by Crippen LogP contribution is 2.34. The lowest BCUT2D eigenvalue weighted by Gasteiger charge is -2.32. The van der Waals surface area contributed by atoms with Crippen LogP contribution in [0.25, 0.3) is 0 Å². The average molecular weight is 326 g/mol. The third kappa shape index (κ3) is 4.04. The Morgan fingerprint density at radius 3 is 2.74 bits per heavy atom. The van der Waals surface area contributed by atoms with E-state index in [1.165, 1.54) is 22.0 Å². The second kappa shape index (κ2) is 7.41. The molecule has 1 heterocycles. The van der Waals surface area contributed by atoms with Gasteiger partial charge in [-0.1, -0.05) is 35.0 Å². The van der Waals surface area contributed by atoms with Crippen LogP contribution < -0.4 is 5.32 Å². The molecule has 0 bridgehead atoms. The fraction of sp³-hybridized carbons (Fsp3) is 0.625. The molecule has 0 saturated carbocycles. The predicted molar refractivity (Wildman–Crippen MR) is 83.5 cm³/mol. The summed E-state index contributed by atoms with van der Waals surface area (Å²) in [5.74, 6) is 0.680. The third-order valence-corrected chi connectivity index (χ3v) is 4.53. The third-order valence-electron chi connectivity index (χ3n) is 3.84. The molecule has 1 aliphatic rings. The topological polar surface area (TPSA) is 21.3 Å². The molecule has 0 spiro atoms. The largest absolute Gasteiger partial charge is 0.381 e. The van der Waals surface area contributed by atoms with Gasteiger partial charge in [0.25, 0.3) is 0 Å². The molecule has 1 aliphatic heterocycles. The van der Waals surface area contributed by atoms with E-state index >= 15 is 0 Å². The molecule has 1 aromatic rings. The van der Waals surface area contributed by atoms with E-state index in [1.807, 2.05) is 0 Å². The molecule has 0 aliphatic carbocycles. The zero-order valence-electron chi connectivity index (χ0n) is 11.9. The lowest BCUT2D eigenvalue weighted by molar-refractivity contribution is 0.0535. The average Bonchev–Trinajstić information content (AvgIpc) is 2.42. The van der Waals surface area contributed by atoms with Gasteiger partial charge in [0.2, 0.25) is 0 Å². The van der Waals surface area contributed by atoms with E-state index < -0.39 is 0 Å². The van der Waals surface area contributed by atoms with Crippen molar-refractivity contribution in [3.05, 3.63) is 33.8 Å². The number of halogens is 1. The minimum Gasteiger partial charge on any atom is -0.381 e. The molecule has 1 unspecified atom stereocenters. The Hall–Kier alpha value is -0.380. The minimum atomic E-state index is 0.443.